The van der Waals surface area contributed by atoms with Gasteiger partial charge in [0.1, 0.15) is 5.82 Å². The Kier molecular flexibility index (Phi) is 5.17. The number of carbonyl (C=O) groups excluding carboxylic acids is 1. The van der Waals surface area contributed by atoms with Crippen molar-refractivity contribution in [3.05, 3.63) is 35.1 Å². The summed E-state index contributed by atoms with van der Waals surface area (Å²) < 4.78 is 13.1. The number of aryl methyl sites for hydroxylation is 1. The highest BCUT2D eigenvalue weighted by molar-refractivity contribution is 5.73. The highest BCUT2D eigenvalue weighted by Gasteiger charge is 2.29. The van der Waals surface area contributed by atoms with Gasteiger partial charge in [-0.05, 0) is 37.0 Å². The molecular formula is C16H23FN2O2. The van der Waals surface area contributed by atoms with Crippen molar-refractivity contribution < 1.29 is 14.3 Å². The van der Waals surface area contributed by atoms with E-state index in [1.54, 1.807) is 19.1 Å². The molecule has 1 fully saturated rings. The summed E-state index contributed by atoms with van der Waals surface area (Å²) in [5, 5.41) is 15.7. The summed E-state index contributed by atoms with van der Waals surface area (Å²) in [7, 11) is 0. The van der Waals surface area contributed by atoms with Crippen LogP contribution in [0.4, 0.5) is 9.18 Å². The monoisotopic (exact) mass is 294 g/mol. The average molecular weight is 294 g/mol. The summed E-state index contributed by atoms with van der Waals surface area (Å²) in [5.41, 5.74) is 0.647. The summed E-state index contributed by atoms with van der Waals surface area (Å²) in [4.78, 5) is 11.7. The standard InChI is InChI=1S/C16H23FN2O2/c1-12-9-13(5-6-14(12)17)10-18-15(20)19-11-16(21)7-3-2-4-8-16/h5-6,9,21H,2-4,7-8,10-11H2,1H3,(H2,18,19,20). The maximum absolute atomic E-state index is 13.1. The summed E-state index contributed by atoms with van der Waals surface area (Å²) in [6.07, 6.45) is 4.65. The number of rotatable bonds is 4. The van der Waals surface area contributed by atoms with Crippen molar-refractivity contribution in [1.29, 1.82) is 0 Å². The average Bonchev–Trinajstić information content (AvgIpc) is 2.47. The van der Waals surface area contributed by atoms with Crippen molar-refractivity contribution in [3.63, 3.8) is 0 Å². The Labute approximate surface area is 124 Å². The topological polar surface area (TPSA) is 61.4 Å². The zero-order valence-corrected chi connectivity index (χ0v) is 12.4. The molecule has 0 bridgehead atoms. The number of hydrogen-bond acceptors (Lipinski definition) is 2. The molecule has 0 saturated heterocycles. The molecule has 0 atom stereocenters. The molecule has 0 heterocycles. The Morgan fingerprint density at radius 3 is 2.67 bits per heavy atom. The fourth-order valence-corrected chi connectivity index (χ4v) is 2.69. The summed E-state index contributed by atoms with van der Waals surface area (Å²) in [5.74, 6) is -0.247. The number of carbonyl (C=O) groups is 1. The van der Waals surface area contributed by atoms with Gasteiger partial charge in [-0.15, -0.1) is 0 Å². The lowest BCUT2D eigenvalue weighted by Gasteiger charge is -2.32. The normalized spacial score (nSPS) is 17.3. The molecule has 2 amide bonds. The predicted octanol–water partition coefficient (Wildman–Crippen LogP) is 2.63. The molecule has 0 aromatic heterocycles. The predicted molar refractivity (Wildman–Crippen MR) is 79.4 cm³/mol. The first-order valence-corrected chi connectivity index (χ1v) is 7.48. The molecular weight excluding hydrogens is 271 g/mol. The largest absolute Gasteiger partial charge is 0.388 e. The second-order valence-corrected chi connectivity index (χ2v) is 5.90. The molecule has 1 saturated carbocycles. The smallest absolute Gasteiger partial charge is 0.315 e. The van der Waals surface area contributed by atoms with Crippen LogP contribution in [0.1, 0.15) is 43.2 Å². The number of nitrogens with one attached hydrogen (secondary N) is 2. The molecule has 21 heavy (non-hydrogen) atoms. The van der Waals surface area contributed by atoms with Crippen molar-refractivity contribution in [2.45, 2.75) is 51.2 Å². The Morgan fingerprint density at radius 2 is 2.00 bits per heavy atom. The van der Waals surface area contributed by atoms with E-state index in [1.165, 1.54) is 6.07 Å². The van der Waals surface area contributed by atoms with E-state index in [0.29, 0.717) is 12.1 Å². The number of benzene rings is 1. The zero-order valence-electron chi connectivity index (χ0n) is 12.4. The van der Waals surface area contributed by atoms with E-state index in [4.69, 9.17) is 0 Å². The third-order valence-corrected chi connectivity index (χ3v) is 4.04. The number of hydrogen-bond donors (Lipinski definition) is 3. The van der Waals surface area contributed by atoms with Crippen molar-refractivity contribution >= 4 is 6.03 Å². The van der Waals surface area contributed by atoms with Crippen molar-refractivity contribution in [1.82, 2.24) is 10.6 Å². The summed E-state index contributed by atoms with van der Waals surface area (Å²) >= 11 is 0. The second kappa shape index (κ2) is 6.89. The molecule has 4 nitrogen and oxygen atoms in total. The van der Waals surface area contributed by atoms with Gasteiger partial charge in [-0.3, -0.25) is 0 Å². The van der Waals surface area contributed by atoms with Crippen LogP contribution in [0.15, 0.2) is 18.2 Å². The third-order valence-electron chi connectivity index (χ3n) is 4.04. The van der Waals surface area contributed by atoms with Gasteiger partial charge in [0, 0.05) is 13.1 Å². The van der Waals surface area contributed by atoms with E-state index in [1.807, 2.05) is 0 Å². The fraction of sp³-hybridized carbons (Fsp3) is 0.562. The molecule has 0 spiro atoms. The van der Waals surface area contributed by atoms with Gasteiger partial charge in [0.2, 0.25) is 0 Å². The van der Waals surface area contributed by atoms with Crippen LogP contribution in [0.3, 0.4) is 0 Å². The molecule has 2 rings (SSSR count). The molecule has 1 aromatic carbocycles. The van der Waals surface area contributed by atoms with Gasteiger partial charge in [0.25, 0.3) is 0 Å². The van der Waals surface area contributed by atoms with Gasteiger partial charge < -0.3 is 15.7 Å². The van der Waals surface area contributed by atoms with Crippen LogP contribution in [-0.2, 0) is 6.54 Å². The SMILES string of the molecule is Cc1cc(CNC(=O)NCC2(O)CCCCC2)ccc1F. The van der Waals surface area contributed by atoms with Crippen molar-refractivity contribution in [3.8, 4) is 0 Å². The van der Waals surface area contributed by atoms with E-state index in [0.717, 1.165) is 37.7 Å². The van der Waals surface area contributed by atoms with Gasteiger partial charge in [0.05, 0.1) is 5.60 Å². The second-order valence-electron chi connectivity index (χ2n) is 5.90. The Hall–Kier alpha value is -1.62. The summed E-state index contributed by atoms with van der Waals surface area (Å²) in [6, 6.07) is 4.45. The molecule has 0 radical (unpaired) electrons. The van der Waals surface area contributed by atoms with Crippen LogP contribution in [0.2, 0.25) is 0 Å². The maximum atomic E-state index is 13.1. The molecule has 0 unspecified atom stereocenters. The van der Waals surface area contributed by atoms with Gasteiger partial charge in [-0.2, -0.15) is 0 Å². The van der Waals surface area contributed by atoms with E-state index in [2.05, 4.69) is 10.6 Å². The first kappa shape index (κ1) is 15.8. The number of halogens is 1. The molecule has 0 aliphatic heterocycles. The zero-order chi connectivity index (χ0) is 15.3. The van der Waals surface area contributed by atoms with Crippen molar-refractivity contribution in [2.24, 2.45) is 0 Å². The van der Waals surface area contributed by atoms with Gasteiger partial charge in [-0.25, -0.2) is 9.18 Å². The van der Waals surface area contributed by atoms with Crippen LogP contribution < -0.4 is 10.6 Å². The third kappa shape index (κ3) is 4.70. The lowest BCUT2D eigenvalue weighted by Crippen LogP contribution is -2.47. The van der Waals surface area contributed by atoms with Crippen molar-refractivity contribution in [2.75, 3.05) is 6.54 Å². The Balaban J connectivity index is 1.75. The van der Waals surface area contributed by atoms with Crippen LogP contribution in [0.25, 0.3) is 0 Å². The van der Waals surface area contributed by atoms with Gasteiger partial charge in [-0.1, -0.05) is 31.4 Å². The summed E-state index contributed by atoms with van der Waals surface area (Å²) in [6.45, 7) is 2.31. The van der Waals surface area contributed by atoms with Crippen LogP contribution in [0, 0.1) is 12.7 Å². The minimum Gasteiger partial charge on any atom is -0.388 e. The number of urea groups is 1. The fourth-order valence-electron chi connectivity index (χ4n) is 2.69. The van der Waals surface area contributed by atoms with E-state index in [9.17, 15) is 14.3 Å². The molecule has 116 valence electrons. The lowest BCUT2D eigenvalue weighted by atomic mass is 9.85. The molecule has 1 aliphatic carbocycles. The van der Waals surface area contributed by atoms with Gasteiger partial charge >= 0.3 is 6.03 Å². The van der Waals surface area contributed by atoms with E-state index >= 15 is 0 Å². The van der Waals surface area contributed by atoms with Crippen LogP contribution in [0.5, 0.6) is 0 Å². The van der Waals surface area contributed by atoms with Crippen LogP contribution in [-0.4, -0.2) is 23.3 Å². The van der Waals surface area contributed by atoms with E-state index in [-0.39, 0.29) is 18.4 Å². The maximum Gasteiger partial charge on any atom is 0.315 e. The van der Waals surface area contributed by atoms with Gasteiger partial charge in [0.15, 0.2) is 0 Å². The van der Waals surface area contributed by atoms with Crippen LogP contribution >= 0.6 is 0 Å². The van der Waals surface area contributed by atoms with E-state index < -0.39 is 5.60 Å². The highest BCUT2D eigenvalue weighted by atomic mass is 19.1. The molecule has 1 aliphatic rings. The Bertz CT molecular complexity index is 499. The molecule has 5 heteroatoms. The first-order chi connectivity index (χ1) is 9.98. The highest BCUT2D eigenvalue weighted by Crippen LogP contribution is 2.27. The number of amides is 2. The molecule has 1 aromatic rings. The first-order valence-electron chi connectivity index (χ1n) is 7.48. The lowest BCUT2D eigenvalue weighted by molar-refractivity contribution is 0.00719. The Morgan fingerprint density at radius 1 is 1.29 bits per heavy atom. The molecule has 3 N–H and O–H groups in total. The minimum atomic E-state index is -0.762. The minimum absolute atomic E-state index is 0.247. The number of aliphatic hydroxyl groups is 1. The quantitative estimate of drug-likeness (QED) is 0.799.